The van der Waals surface area contributed by atoms with Crippen molar-refractivity contribution in [3.8, 4) is 0 Å². The Hall–Kier alpha value is -1.85. The maximum absolute atomic E-state index is 11.4. The third-order valence-electron chi connectivity index (χ3n) is 3.14. The smallest absolute Gasteiger partial charge is 0.326 e. The minimum absolute atomic E-state index is 0.0150. The Morgan fingerprint density at radius 1 is 1.53 bits per heavy atom. The molecule has 1 aliphatic heterocycles. The van der Waals surface area contributed by atoms with Crippen molar-refractivity contribution in [2.24, 2.45) is 7.05 Å². The number of carboxylic acid groups (broad SMARTS) is 1. The lowest BCUT2D eigenvalue weighted by atomic mass is 10.0. The monoisotopic (exact) mass is 237 g/mol. The van der Waals surface area contributed by atoms with Gasteiger partial charge in [0, 0.05) is 32.6 Å². The summed E-state index contributed by atoms with van der Waals surface area (Å²) in [7, 11) is 1.82. The van der Waals surface area contributed by atoms with E-state index in [-0.39, 0.29) is 11.8 Å². The molecule has 2 atom stereocenters. The molecule has 0 radical (unpaired) electrons. The van der Waals surface area contributed by atoms with E-state index < -0.39 is 12.0 Å². The van der Waals surface area contributed by atoms with E-state index in [9.17, 15) is 9.59 Å². The number of aryl methyl sites for hydroxylation is 1. The molecule has 1 amide bonds. The fraction of sp³-hybridized carbons (Fsp3) is 0.545. The lowest BCUT2D eigenvalue weighted by Crippen LogP contribution is -2.39. The highest BCUT2D eigenvalue weighted by atomic mass is 16.4. The van der Waals surface area contributed by atoms with Crippen LogP contribution in [0.3, 0.4) is 0 Å². The van der Waals surface area contributed by atoms with Crippen molar-refractivity contribution in [1.29, 1.82) is 0 Å². The third-order valence-corrected chi connectivity index (χ3v) is 3.14. The van der Waals surface area contributed by atoms with Crippen molar-refractivity contribution in [2.75, 3.05) is 6.54 Å². The molecule has 1 aromatic rings. The molecule has 1 saturated heterocycles. The first-order valence-electron chi connectivity index (χ1n) is 5.48. The molecule has 1 unspecified atom stereocenters. The fourth-order valence-corrected chi connectivity index (χ4v) is 2.28. The topological polar surface area (TPSA) is 75.4 Å². The maximum atomic E-state index is 11.4. The molecule has 1 aromatic heterocycles. The summed E-state index contributed by atoms with van der Waals surface area (Å²) in [6.45, 7) is 1.83. The highest BCUT2D eigenvalue weighted by Gasteiger charge is 2.39. The van der Waals surface area contributed by atoms with Gasteiger partial charge < -0.3 is 10.0 Å². The van der Waals surface area contributed by atoms with Gasteiger partial charge >= 0.3 is 5.97 Å². The van der Waals surface area contributed by atoms with Gasteiger partial charge in [-0.1, -0.05) is 0 Å². The predicted molar refractivity (Wildman–Crippen MR) is 59.4 cm³/mol. The van der Waals surface area contributed by atoms with Crippen LogP contribution < -0.4 is 0 Å². The van der Waals surface area contributed by atoms with Crippen molar-refractivity contribution in [2.45, 2.75) is 25.3 Å². The van der Waals surface area contributed by atoms with Crippen LogP contribution in [0, 0.1) is 0 Å². The molecule has 0 aromatic carbocycles. The van der Waals surface area contributed by atoms with Gasteiger partial charge in [-0.05, 0) is 12.5 Å². The summed E-state index contributed by atoms with van der Waals surface area (Å²) >= 11 is 0. The molecule has 0 bridgehead atoms. The Morgan fingerprint density at radius 3 is 2.65 bits per heavy atom. The second-order valence-corrected chi connectivity index (χ2v) is 4.37. The van der Waals surface area contributed by atoms with E-state index in [2.05, 4.69) is 5.10 Å². The quantitative estimate of drug-likeness (QED) is 0.797. The number of hydrogen-bond acceptors (Lipinski definition) is 3. The Balaban J connectivity index is 2.19. The first-order chi connectivity index (χ1) is 7.99. The molecule has 0 aliphatic carbocycles. The molecule has 6 nitrogen and oxygen atoms in total. The van der Waals surface area contributed by atoms with E-state index in [1.54, 1.807) is 4.68 Å². The average Bonchev–Trinajstić information content (AvgIpc) is 2.82. The van der Waals surface area contributed by atoms with Crippen molar-refractivity contribution in [3.63, 3.8) is 0 Å². The molecule has 17 heavy (non-hydrogen) atoms. The van der Waals surface area contributed by atoms with Crippen molar-refractivity contribution >= 4 is 11.9 Å². The zero-order valence-corrected chi connectivity index (χ0v) is 9.83. The number of amides is 1. The van der Waals surface area contributed by atoms with Gasteiger partial charge in [0.2, 0.25) is 5.91 Å². The number of rotatable bonds is 2. The molecule has 2 heterocycles. The predicted octanol–water partition coefficient (Wildman–Crippen LogP) is 0.209. The highest BCUT2D eigenvalue weighted by Crippen LogP contribution is 2.30. The van der Waals surface area contributed by atoms with Crippen LogP contribution in [0.2, 0.25) is 0 Å². The molecule has 1 aliphatic rings. The summed E-state index contributed by atoms with van der Waals surface area (Å²) in [4.78, 5) is 23.9. The van der Waals surface area contributed by atoms with Gasteiger partial charge in [0.15, 0.2) is 0 Å². The zero-order chi connectivity index (χ0) is 12.6. The second kappa shape index (κ2) is 4.20. The third kappa shape index (κ3) is 2.15. The fourth-order valence-electron chi connectivity index (χ4n) is 2.28. The number of aromatic nitrogens is 2. The summed E-state index contributed by atoms with van der Waals surface area (Å²) in [5.41, 5.74) is 0.850. The summed E-state index contributed by atoms with van der Waals surface area (Å²) in [5.74, 6) is -1.13. The van der Waals surface area contributed by atoms with Crippen molar-refractivity contribution in [1.82, 2.24) is 14.7 Å². The minimum Gasteiger partial charge on any atom is -0.480 e. The zero-order valence-electron chi connectivity index (χ0n) is 9.83. The number of nitrogens with zero attached hydrogens (tertiary/aromatic N) is 3. The van der Waals surface area contributed by atoms with Crippen LogP contribution in [0.1, 0.15) is 25.0 Å². The van der Waals surface area contributed by atoms with Crippen LogP contribution in [-0.2, 0) is 16.6 Å². The SMILES string of the molecule is CC(=O)N1CC(c2ccn(C)n2)C[C@H]1C(=O)O. The molecule has 2 rings (SSSR count). The number of likely N-dealkylation sites (tertiary alicyclic amines) is 1. The van der Waals surface area contributed by atoms with Gasteiger partial charge in [-0.15, -0.1) is 0 Å². The number of carbonyl (C=O) groups is 2. The average molecular weight is 237 g/mol. The van der Waals surface area contributed by atoms with Gasteiger partial charge in [0.25, 0.3) is 0 Å². The van der Waals surface area contributed by atoms with Crippen molar-refractivity contribution < 1.29 is 14.7 Å². The molecule has 92 valence electrons. The lowest BCUT2D eigenvalue weighted by Gasteiger charge is -2.18. The van der Waals surface area contributed by atoms with Crippen molar-refractivity contribution in [3.05, 3.63) is 18.0 Å². The number of aliphatic carboxylic acids is 1. The van der Waals surface area contributed by atoms with E-state index in [0.717, 1.165) is 5.69 Å². The van der Waals surface area contributed by atoms with E-state index in [0.29, 0.717) is 13.0 Å². The van der Waals surface area contributed by atoms with Crippen LogP contribution in [0.5, 0.6) is 0 Å². The largest absolute Gasteiger partial charge is 0.480 e. The summed E-state index contributed by atoms with van der Waals surface area (Å²) in [5, 5.41) is 13.3. The lowest BCUT2D eigenvalue weighted by molar-refractivity contribution is -0.147. The van der Waals surface area contributed by atoms with Crippen LogP contribution in [0.15, 0.2) is 12.3 Å². The Morgan fingerprint density at radius 2 is 2.24 bits per heavy atom. The Labute approximate surface area is 98.8 Å². The normalized spacial score (nSPS) is 24.0. The van der Waals surface area contributed by atoms with Crippen LogP contribution >= 0.6 is 0 Å². The summed E-state index contributed by atoms with van der Waals surface area (Å²) in [6, 6.07) is 1.15. The second-order valence-electron chi connectivity index (χ2n) is 4.37. The number of hydrogen-bond donors (Lipinski definition) is 1. The molecule has 1 fully saturated rings. The van der Waals surface area contributed by atoms with E-state index in [1.165, 1.54) is 11.8 Å². The highest BCUT2D eigenvalue weighted by molar-refractivity contribution is 5.83. The van der Waals surface area contributed by atoms with Gasteiger partial charge in [-0.3, -0.25) is 9.48 Å². The first-order valence-corrected chi connectivity index (χ1v) is 5.48. The molecule has 0 spiro atoms. The summed E-state index contributed by atoms with van der Waals surface area (Å²) < 4.78 is 1.68. The van der Waals surface area contributed by atoms with Gasteiger partial charge in [-0.25, -0.2) is 4.79 Å². The first kappa shape index (κ1) is 11.6. The van der Waals surface area contributed by atoms with Gasteiger partial charge in [0.05, 0.1) is 5.69 Å². The van der Waals surface area contributed by atoms with Crippen LogP contribution in [-0.4, -0.2) is 44.3 Å². The minimum atomic E-state index is -0.946. The van der Waals surface area contributed by atoms with E-state index >= 15 is 0 Å². The molecular weight excluding hydrogens is 222 g/mol. The maximum Gasteiger partial charge on any atom is 0.326 e. The number of carboxylic acids is 1. The molecular formula is C11H15N3O3. The van der Waals surface area contributed by atoms with E-state index in [4.69, 9.17) is 5.11 Å². The van der Waals surface area contributed by atoms with Crippen LogP contribution in [0.4, 0.5) is 0 Å². The molecule has 6 heteroatoms. The van der Waals surface area contributed by atoms with Gasteiger partial charge in [0.1, 0.15) is 6.04 Å². The standard InChI is InChI=1S/C11H15N3O3/c1-7(15)14-6-8(5-10(14)11(16)17)9-3-4-13(2)12-9/h3-4,8,10H,5-6H2,1-2H3,(H,16,17)/t8?,10-/m0/s1. The van der Waals surface area contributed by atoms with E-state index in [1.807, 2.05) is 19.3 Å². The summed E-state index contributed by atoms with van der Waals surface area (Å²) in [6.07, 6.45) is 2.26. The Kier molecular flexibility index (Phi) is 2.87. The molecule has 1 N–H and O–H groups in total. The number of carbonyl (C=O) groups excluding carboxylic acids is 1. The van der Waals surface area contributed by atoms with Crippen LogP contribution in [0.25, 0.3) is 0 Å². The Bertz CT molecular complexity index is 433. The molecule has 0 saturated carbocycles. The van der Waals surface area contributed by atoms with Gasteiger partial charge in [-0.2, -0.15) is 5.10 Å².